The molecule has 0 amide bonds. The van der Waals surface area contributed by atoms with E-state index in [-0.39, 0.29) is 0 Å². The van der Waals surface area contributed by atoms with Gasteiger partial charge < -0.3 is 9.47 Å². The molecule has 0 atom stereocenters. The summed E-state index contributed by atoms with van der Waals surface area (Å²) >= 11 is 0. The van der Waals surface area contributed by atoms with Gasteiger partial charge in [-0.25, -0.2) is 0 Å². The van der Waals surface area contributed by atoms with Gasteiger partial charge in [-0.2, -0.15) is 0 Å². The number of hydrogen-bond acceptors (Lipinski definition) is 1. The van der Waals surface area contributed by atoms with Crippen LogP contribution in [0.3, 0.4) is 0 Å². The van der Waals surface area contributed by atoms with Crippen LogP contribution >= 0.6 is 0 Å². The number of rotatable bonds is 8. The molecule has 0 radical (unpaired) electrons. The first-order valence-electron chi connectivity index (χ1n) is 22.0. The number of benzene rings is 11. The van der Waals surface area contributed by atoms with Crippen LogP contribution in [0, 0.1) is 0 Å². The minimum Gasteiger partial charge on any atom is -0.310 e. The van der Waals surface area contributed by atoms with Gasteiger partial charge in [-0.15, -0.1) is 0 Å². The van der Waals surface area contributed by atoms with Gasteiger partial charge in [0, 0.05) is 33.3 Å². The predicted octanol–water partition coefficient (Wildman–Crippen LogP) is 17.2. The SMILES string of the molecule is c1ccc(-c2cc(-c3ccccc3-n3c4ccccc4c4ccccc43)ccc2N(c2ccc(-c3ccccc3-c3ccc4ccccc4c3)cc2)c2ccc3ccccc3c2)cc1. The van der Waals surface area contributed by atoms with E-state index in [2.05, 4.69) is 264 Å². The lowest BCUT2D eigenvalue weighted by molar-refractivity contribution is 1.18. The molecule has 12 aromatic rings. The average Bonchev–Trinajstić information content (AvgIpc) is 3.71. The number of aromatic nitrogens is 1. The fourth-order valence-electron chi connectivity index (χ4n) is 9.72. The van der Waals surface area contributed by atoms with Crippen LogP contribution in [0.5, 0.6) is 0 Å². The molecule has 0 N–H and O–H groups in total. The minimum absolute atomic E-state index is 1.08. The maximum absolute atomic E-state index is 2.43. The van der Waals surface area contributed by atoms with Crippen LogP contribution in [0.15, 0.2) is 255 Å². The highest BCUT2D eigenvalue weighted by atomic mass is 15.1. The third-order valence-electron chi connectivity index (χ3n) is 12.8. The van der Waals surface area contributed by atoms with E-state index in [0.29, 0.717) is 0 Å². The van der Waals surface area contributed by atoms with Gasteiger partial charge in [0.2, 0.25) is 0 Å². The Morgan fingerprint density at radius 3 is 1.44 bits per heavy atom. The lowest BCUT2D eigenvalue weighted by atomic mass is 9.93. The van der Waals surface area contributed by atoms with Gasteiger partial charge in [0.05, 0.1) is 22.4 Å². The first-order valence-corrected chi connectivity index (χ1v) is 22.0. The van der Waals surface area contributed by atoms with Gasteiger partial charge in [0.15, 0.2) is 0 Å². The molecule has 0 saturated carbocycles. The van der Waals surface area contributed by atoms with Crippen molar-refractivity contribution in [2.45, 2.75) is 0 Å². The van der Waals surface area contributed by atoms with Gasteiger partial charge in [-0.3, -0.25) is 0 Å². The molecular formula is C62H42N2. The van der Waals surface area contributed by atoms with Crippen molar-refractivity contribution in [1.29, 1.82) is 0 Å². The van der Waals surface area contributed by atoms with Crippen LogP contribution in [0.1, 0.15) is 0 Å². The zero-order valence-corrected chi connectivity index (χ0v) is 35.1. The quantitative estimate of drug-likeness (QED) is 0.148. The smallest absolute Gasteiger partial charge is 0.0541 e. The highest BCUT2D eigenvalue weighted by Crippen LogP contribution is 2.45. The zero-order chi connectivity index (χ0) is 42.4. The Labute approximate surface area is 373 Å². The normalized spacial score (nSPS) is 11.4. The van der Waals surface area contributed by atoms with Crippen molar-refractivity contribution >= 4 is 60.4 Å². The number of anilines is 3. The van der Waals surface area contributed by atoms with E-state index in [1.807, 2.05) is 0 Å². The molecule has 64 heavy (non-hydrogen) atoms. The van der Waals surface area contributed by atoms with E-state index in [1.54, 1.807) is 0 Å². The maximum Gasteiger partial charge on any atom is 0.0541 e. The Morgan fingerprint density at radius 1 is 0.266 bits per heavy atom. The van der Waals surface area contributed by atoms with Crippen LogP contribution in [0.2, 0.25) is 0 Å². The van der Waals surface area contributed by atoms with Gasteiger partial charge in [0.1, 0.15) is 0 Å². The molecule has 0 aliphatic carbocycles. The molecule has 0 bridgehead atoms. The summed E-state index contributed by atoms with van der Waals surface area (Å²) in [7, 11) is 0. The molecule has 0 spiro atoms. The molecule has 0 saturated heterocycles. The van der Waals surface area contributed by atoms with Crippen molar-refractivity contribution in [3.05, 3.63) is 255 Å². The van der Waals surface area contributed by atoms with Crippen molar-refractivity contribution < 1.29 is 0 Å². The van der Waals surface area contributed by atoms with E-state index >= 15 is 0 Å². The van der Waals surface area contributed by atoms with Gasteiger partial charge in [-0.05, 0) is 116 Å². The van der Waals surface area contributed by atoms with Crippen LogP contribution in [0.4, 0.5) is 17.1 Å². The molecule has 2 heteroatoms. The molecule has 0 aliphatic rings. The zero-order valence-electron chi connectivity index (χ0n) is 35.1. The fourth-order valence-corrected chi connectivity index (χ4v) is 9.72. The van der Waals surface area contributed by atoms with Crippen LogP contribution in [-0.4, -0.2) is 4.57 Å². The third-order valence-corrected chi connectivity index (χ3v) is 12.8. The molecular weight excluding hydrogens is 773 g/mol. The summed E-state index contributed by atoms with van der Waals surface area (Å²) in [5, 5.41) is 7.41. The summed E-state index contributed by atoms with van der Waals surface area (Å²) in [5.41, 5.74) is 16.3. The number of fused-ring (bicyclic) bond motifs is 5. The molecule has 0 aliphatic heterocycles. The average molecular weight is 815 g/mol. The summed E-state index contributed by atoms with van der Waals surface area (Å²) < 4.78 is 2.43. The Hall–Kier alpha value is -8.46. The standard InChI is InChI=1S/C62H42N2/c1-2-18-45(19-3-1)58-42-50(55-24-10-13-27-59(55)64-60-28-14-11-25-56(60)57-26-12-15-29-61(57)64)35-39-62(58)63(52-38-32-44-17-5-7-21-48(44)41-52)51-36-33-46(34-37-51)53-22-8-9-23-54(53)49-31-30-43-16-4-6-20-47(43)40-49/h1-42H. The summed E-state index contributed by atoms with van der Waals surface area (Å²) in [5.74, 6) is 0. The number of nitrogens with zero attached hydrogens (tertiary/aromatic N) is 2. The highest BCUT2D eigenvalue weighted by Gasteiger charge is 2.21. The Morgan fingerprint density at radius 2 is 0.734 bits per heavy atom. The predicted molar refractivity (Wildman–Crippen MR) is 272 cm³/mol. The topological polar surface area (TPSA) is 8.17 Å². The van der Waals surface area contributed by atoms with E-state index < -0.39 is 0 Å². The van der Waals surface area contributed by atoms with Crippen molar-refractivity contribution in [2.75, 3.05) is 4.90 Å². The minimum atomic E-state index is 1.08. The highest BCUT2D eigenvalue weighted by molar-refractivity contribution is 6.10. The Bertz CT molecular complexity index is 3620. The second kappa shape index (κ2) is 15.8. The third kappa shape index (κ3) is 6.52. The van der Waals surface area contributed by atoms with Crippen molar-refractivity contribution in [2.24, 2.45) is 0 Å². The molecule has 1 aromatic heterocycles. The van der Waals surface area contributed by atoms with E-state index in [1.165, 1.54) is 71.2 Å². The first kappa shape index (κ1) is 37.3. The fraction of sp³-hybridized carbons (Fsp3) is 0. The summed E-state index contributed by atoms with van der Waals surface area (Å²) in [6.45, 7) is 0. The second-order valence-corrected chi connectivity index (χ2v) is 16.5. The second-order valence-electron chi connectivity index (χ2n) is 16.5. The molecule has 2 nitrogen and oxygen atoms in total. The number of hydrogen-bond donors (Lipinski definition) is 0. The molecule has 300 valence electrons. The lowest BCUT2D eigenvalue weighted by Gasteiger charge is -2.29. The Balaban J connectivity index is 1.03. The van der Waals surface area contributed by atoms with E-state index in [0.717, 1.165) is 39.4 Å². The Kier molecular flexibility index (Phi) is 9.20. The lowest BCUT2D eigenvalue weighted by Crippen LogP contribution is -2.11. The largest absolute Gasteiger partial charge is 0.310 e. The molecule has 12 rings (SSSR count). The number of para-hydroxylation sites is 3. The van der Waals surface area contributed by atoms with Crippen LogP contribution < -0.4 is 4.90 Å². The summed E-state index contributed by atoms with van der Waals surface area (Å²) in [6.07, 6.45) is 0. The molecule has 0 fully saturated rings. The van der Waals surface area contributed by atoms with Gasteiger partial charge >= 0.3 is 0 Å². The van der Waals surface area contributed by atoms with Crippen molar-refractivity contribution in [3.63, 3.8) is 0 Å². The molecule has 11 aromatic carbocycles. The first-order chi connectivity index (χ1) is 31.7. The summed E-state index contributed by atoms with van der Waals surface area (Å²) in [4.78, 5) is 2.43. The van der Waals surface area contributed by atoms with Crippen molar-refractivity contribution in [1.82, 2.24) is 4.57 Å². The van der Waals surface area contributed by atoms with Crippen molar-refractivity contribution in [3.8, 4) is 50.2 Å². The molecule has 0 unspecified atom stereocenters. The monoisotopic (exact) mass is 814 g/mol. The van der Waals surface area contributed by atoms with E-state index in [9.17, 15) is 0 Å². The van der Waals surface area contributed by atoms with Crippen LogP contribution in [-0.2, 0) is 0 Å². The van der Waals surface area contributed by atoms with Gasteiger partial charge in [0.25, 0.3) is 0 Å². The maximum atomic E-state index is 2.43. The summed E-state index contributed by atoms with van der Waals surface area (Å²) in [6, 6.07) is 92.8. The van der Waals surface area contributed by atoms with Gasteiger partial charge in [-0.1, -0.05) is 194 Å². The van der Waals surface area contributed by atoms with E-state index in [4.69, 9.17) is 0 Å². The van der Waals surface area contributed by atoms with Crippen LogP contribution in [0.25, 0.3) is 93.5 Å². The molecule has 1 heterocycles.